The molecule has 1 fully saturated rings. The summed E-state index contributed by atoms with van der Waals surface area (Å²) in [4.78, 5) is 13.2. The third-order valence-electron chi connectivity index (χ3n) is 3.97. The highest BCUT2D eigenvalue weighted by atomic mass is 19.1. The number of carbonyl (C=O) groups excluding carboxylic acids is 1. The lowest BCUT2D eigenvalue weighted by Crippen LogP contribution is -2.45. The van der Waals surface area contributed by atoms with Crippen LogP contribution in [0.1, 0.15) is 18.9 Å². The summed E-state index contributed by atoms with van der Waals surface area (Å²) < 4.78 is 17.3. The van der Waals surface area contributed by atoms with Gasteiger partial charge in [-0.25, -0.2) is 4.39 Å². The summed E-state index contributed by atoms with van der Waals surface area (Å²) in [6.45, 7) is 2.25. The first-order valence-corrected chi connectivity index (χ1v) is 8.11. The number of nitrogens with zero attached hydrogens (tertiary/aromatic N) is 1. The number of β-amino-alcohol motifs (C(OH)–C–C–N with tert-alkyl or cyclic N) is 2. The van der Waals surface area contributed by atoms with Crippen LogP contribution in [0.15, 0.2) is 24.3 Å². The second kappa shape index (κ2) is 8.96. The molecule has 134 valence electrons. The molecule has 1 aliphatic rings. The molecule has 3 atom stereocenters. The van der Waals surface area contributed by atoms with E-state index in [0.29, 0.717) is 31.8 Å². The molecule has 2 rings (SSSR count). The van der Waals surface area contributed by atoms with Crippen LogP contribution in [0.4, 0.5) is 4.39 Å². The number of ether oxygens (including phenoxy) is 1. The van der Waals surface area contributed by atoms with Gasteiger partial charge in [0.05, 0.1) is 18.2 Å². The molecule has 6 nitrogen and oxygen atoms in total. The van der Waals surface area contributed by atoms with Gasteiger partial charge in [0.25, 0.3) is 0 Å². The number of nitrogens with one attached hydrogen (secondary N) is 1. The maximum Gasteiger partial charge on any atom is 0.217 e. The molecule has 24 heavy (non-hydrogen) atoms. The molecule has 0 unspecified atom stereocenters. The molecule has 0 aromatic heterocycles. The van der Waals surface area contributed by atoms with Crippen LogP contribution in [0.3, 0.4) is 0 Å². The standard InChI is InChI=1S/C17H25FN2O4/c1-12(21)19-16-8-14(22)10-20(11-17(16)23)9-13-2-4-15(5-3-13)24-7-6-18/h2-5,14,16-17,22-23H,6-11H2,1H3,(H,19,21)/t14-,16-,17-/m1/s1. The monoisotopic (exact) mass is 340 g/mol. The Labute approximate surface area is 141 Å². The summed E-state index contributed by atoms with van der Waals surface area (Å²) in [6, 6.07) is 6.86. The Morgan fingerprint density at radius 2 is 2.04 bits per heavy atom. The number of carbonyl (C=O) groups is 1. The van der Waals surface area contributed by atoms with Gasteiger partial charge in [-0.1, -0.05) is 12.1 Å². The normalized spacial score (nSPS) is 25.1. The summed E-state index contributed by atoms with van der Waals surface area (Å²) in [5, 5.41) is 23.1. The number of alkyl halides is 1. The van der Waals surface area contributed by atoms with E-state index in [1.807, 2.05) is 17.0 Å². The van der Waals surface area contributed by atoms with E-state index in [-0.39, 0.29) is 12.5 Å². The largest absolute Gasteiger partial charge is 0.491 e. The van der Waals surface area contributed by atoms with Gasteiger partial charge in [-0.2, -0.15) is 0 Å². The summed E-state index contributed by atoms with van der Waals surface area (Å²) >= 11 is 0. The van der Waals surface area contributed by atoms with Crippen molar-refractivity contribution >= 4 is 5.91 Å². The van der Waals surface area contributed by atoms with Crippen molar-refractivity contribution in [3.8, 4) is 5.75 Å². The number of likely N-dealkylation sites (tertiary alicyclic amines) is 1. The third-order valence-corrected chi connectivity index (χ3v) is 3.97. The number of benzene rings is 1. The molecule has 1 aliphatic heterocycles. The molecule has 1 heterocycles. The van der Waals surface area contributed by atoms with E-state index in [1.54, 1.807) is 12.1 Å². The third kappa shape index (κ3) is 5.74. The average Bonchev–Trinajstić information content (AvgIpc) is 2.64. The van der Waals surface area contributed by atoms with Crippen LogP contribution in [0.2, 0.25) is 0 Å². The van der Waals surface area contributed by atoms with Gasteiger partial charge >= 0.3 is 0 Å². The summed E-state index contributed by atoms with van der Waals surface area (Å²) in [5.74, 6) is 0.390. The van der Waals surface area contributed by atoms with Crippen molar-refractivity contribution < 1.29 is 24.1 Å². The Hall–Kier alpha value is -1.70. The molecule has 3 N–H and O–H groups in total. The van der Waals surface area contributed by atoms with Crippen molar-refractivity contribution in [3.05, 3.63) is 29.8 Å². The fourth-order valence-electron chi connectivity index (χ4n) is 2.94. The summed E-state index contributed by atoms with van der Waals surface area (Å²) in [6.07, 6.45) is -1.03. The van der Waals surface area contributed by atoms with Crippen LogP contribution >= 0.6 is 0 Å². The molecular formula is C17H25FN2O4. The van der Waals surface area contributed by atoms with Gasteiger partial charge in [-0.05, 0) is 24.1 Å². The van der Waals surface area contributed by atoms with Crippen molar-refractivity contribution in [1.82, 2.24) is 10.2 Å². The smallest absolute Gasteiger partial charge is 0.217 e. The first-order chi connectivity index (χ1) is 11.5. The molecular weight excluding hydrogens is 315 g/mol. The molecule has 1 saturated heterocycles. The van der Waals surface area contributed by atoms with Gasteiger partial charge in [0.15, 0.2) is 0 Å². The maximum atomic E-state index is 12.1. The molecule has 1 amide bonds. The molecule has 1 aromatic rings. The van der Waals surface area contributed by atoms with Crippen LogP contribution in [0, 0.1) is 0 Å². The lowest BCUT2D eigenvalue weighted by Gasteiger charge is -2.25. The number of aliphatic hydroxyl groups excluding tert-OH is 2. The Morgan fingerprint density at radius 3 is 2.67 bits per heavy atom. The zero-order chi connectivity index (χ0) is 17.5. The number of rotatable bonds is 6. The minimum absolute atomic E-state index is 0.0361. The Balaban J connectivity index is 1.95. The fourth-order valence-corrected chi connectivity index (χ4v) is 2.94. The highest BCUT2D eigenvalue weighted by Crippen LogP contribution is 2.17. The Kier molecular flexibility index (Phi) is 6.96. The fraction of sp³-hybridized carbons (Fsp3) is 0.588. The quantitative estimate of drug-likeness (QED) is 0.701. The zero-order valence-corrected chi connectivity index (χ0v) is 13.8. The topological polar surface area (TPSA) is 82.0 Å². The van der Waals surface area contributed by atoms with E-state index < -0.39 is 24.9 Å². The molecule has 0 spiro atoms. The predicted molar refractivity (Wildman–Crippen MR) is 87.4 cm³/mol. The highest BCUT2D eigenvalue weighted by Gasteiger charge is 2.30. The van der Waals surface area contributed by atoms with Gasteiger partial charge in [-0.3, -0.25) is 9.69 Å². The summed E-state index contributed by atoms with van der Waals surface area (Å²) in [5.41, 5.74) is 1.000. The van der Waals surface area contributed by atoms with Crippen molar-refractivity contribution in [2.45, 2.75) is 38.1 Å². The molecule has 0 saturated carbocycles. The molecule has 7 heteroatoms. The number of hydrogen-bond donors (Lipinski definition) is 3. The van der Waals surface area contributed by atoms with E-state index >= 15 is 0 Å². The SMILES string of the molecule is CC(=O)N[C@@H]1C[C@@H](O)CN(Cc2ccc(OCCF)cc2)C[C@H]1O. The Bertz CT molecular complexity index is 526. The average molecular weight is 340 g/mol. The lowest BCUT2D eigenvalue weighted by molar-refractivity contribution is -0.120. The van der Waals surface area contributed by atoms with Gasteiger partial charge in [0, 0.05) is 26.6 Å². The number of hydrogen-bond acceptors (Lipinski definition) is 5. The van der Waals surface area contributed by atoms with Crippen LogP contribution in [-0.2, 0) is 11.3 Å². The highest BCUT2D eigenvalue weighted by molar-refractivity contribution is 5.73. The van der Waals surface area contributed by atoms with Crippen molar-refractivity contribution in [2.24, 2.45) is 0 Å². The second-order valence-electron chi connectivity index (χ2n) is 6.14. The second-order valence-corrected chi connectivity index (χ2v) is 6.14. The minimum atomic E-state index is -0.738. The number of halogens is 1. The van der Waals surface area contributed by atoms with E-state index in [4.69, 9.17) is 4.74 Å². The minimum Gasteiger partial charge on any atom is -0.491 e. The van der Waals surface area contributed by atoms with Crippen molar-refractivity contribution in [3.63, 3.8) is 0 Å². The first-order valence-electron chi connectivity index (χ1n) is 8.11. The number of aliphatic hydroxyl groups is 2. The molecule has 0 radical (unpaired) electrons. The molecule has 0 bridgehead atoms. The zero-order valence-electron chi connectivity index (χ0n) is 13.8. The van der Waals surface area contributed by atoms with Gasteiger partial charge in [-0.15, -0.1) is 0 Å². The van der Waals surface area contributed by atoms with Crippen molar-refractivity contribution in [1.29, 1.82) is 0 Å². The van der Waals surface area contributed by atoms with Gasteiger partial charge < -0.3 is 20.3 Å². The lowest BCUT2D eigenvalue weighted by atomic mass is 10.1. The van der Waals surface area contributed by atoms with Crippen molar-refractivity contribution in [2.75, 3.05) is 26.4 Å². The maximum absolute atomic E-state index is 12.1. The van der Waals surface area contributed by atoms with Crippen LogP contribution in [-0.4, -0.2) is 65.6 Å². The van der Waals surface area contributed by atoms with E-state index in [0.717, 1.165) is 5.56 Å². The van der Waals surface area contributed by atoms with Gasteiger partial charge in [0.1, 0.15) is 19.0 Å². The molecule has 1 aromatic carbocycles. The van der Waals surface area contributed by atoms with E-state index in [2.05, 4.69) is 5.32 Å². The number of amides is 1. The first kappa shape index (κ1) is 18.6. The van der Waals surface area contributed by atoms with E-state index in [1.165, 1.54) is 6.92 Å². The van der Waals surface area contributed by atoms with E-state index in [9.17, 15) is 19.4 Å². The van der Waals surface area contributed by atoms with Crippen LogP contribution in [0.25, 0.3) is 0 Å². The predicted octanol–water partition coefficient (Wildman–Crippen LogP) is 0.467. The van der Waals surface area contributed by atoms with Crippen LogP contribution in [0.5, 0.6) is 5.75 Å². The summed E-state index contributed by atoms with van der Waals surface area (Å²) in [7, 11) is 0. The Morgan fingerprint density at radius 1 is 1.33 bits per heavy atom. The van der Waals surface area contributed by atoms with Gasteiger partial charge in [0.2, 0.25) is 5.91 Å². The van der Waals surface area contributed by atoms with Crippen LogP contribution < -0.4 is 10.1 Å². The molecule has 0 aliphatic carbocycles.